The first-order valence-corrected chi connectivity index (χ1v) is 5.06. The van der Waals surface area contributed by atoms with Crippen molar-refractivity contribution < 1.29 is 9.50 Å². The topological polar surface area (TPSA) is 20.2 Å². The smallest absolute Gasteiger partial charge is 0.143 e. The lowest BCUT2D eigenvalue weighted by molar-refractivity contribution is 0.288. The lowest BCUT2D eigenvalue weighted by Gasteiger charge is -2.04. The molecule has 1 nitrogen and oxygen atoms in total. The number of benzene rings is 1. The summed E-state index contributed by atoms with van der Waals surface area (Å²) in [6.07, 6.45) is 1.18. The fraction of sp³-hybridized carbons (Fsp3) is 0.333. The van der Waals surface area contributed by atoms with Crippen molar-refractivity contribution in [2.75, 3.05) is 6.61 Å². The van der Waals surface area contributed by atoms with Gasteiger partial charge in [-0.2, -0.15) is 0 Å². The highest BCUT2D eigenvalue weighted by molar-refractivity contribution is 9.10. The van der Waals surface area contributed by atoms with E-state index in [2.05, 4.69) is 15.9 Å². The summed E-state index contributed by atoms with van der Waals surface area (Å²) in [4.78, 5) is 0. The predicted molar refractivity (Wildman–Crippen MR) is 54.5 cm³/mol. The highest BCUT2D eigenvalue weighted by Crippen LogP contribution is 2.25. The fourth-order valence-corrected chi connectivity index (χ4v) is 1.74. The van der Waals surface area contributed by atoms with Crippen LogP contribution in [0.15, 0.2) is 16.6 Å². The second kappa shape index (κ2) is 4.94. The molecule has 0 spiro atoms. The second-order valence-corrected chi connectivity index (χ2v) is 3.98. The first-order valence-electron chi connectivity index (χ1n) is 3.89. The van der Waals surface area contributed by atoms with Gasteiger partial charge in [0.2, 0.25) is 0 Å². The zero-order chi connectivity index (χ0) is 9.84. The lowest BCUT2D eigenvalue weighted by Crippen LogP contribution is -1.93. The maximum absolute atomic E-state index is 13.0. The van der Waals surface area contributed by atoms with Crippen molar-refractivity contribution in [1.29, 1.82) is 0 Å². The average Bonchev–Trinajstić information content (AvgIpc) is 2.09. The Balaban J connectivity index is 2.92. The summed E-state index contributed by atoms with van der Waals surface area (Å²) < 4.78 is 13.7. The van der Waals surface area contributed by atoms with E-state index in [1.165, 1.54) is 6.07 Å². The molecule has 1 N–H and O–H groups in total. The van der Waals surface area contributed by atoms with E-state index < -0.39 is 5.82 Å². The third-order valence-electron chi connectivity index (χ3n) is 1.67. The Morgan fingerprint density at radius 2 is 2.15 bits per heavy atom. The molecule has 0 aliphatic carbocycles. The van der Waals surface area contributed by atoms with E-state index in [4.69, 9.17) is 16.7 Å². The van der Waals surface area contributed by atoms with Gasteiger partial charge in [0.15, 0.2) is 0 Å². The molecule has 0 radical (unpaired) electrons. The molecule has 0 bridgehead atoms. The first-order chi connectivity index (χ1) is 6.15. The molecule has 1 rings (SSSR count). The van der Waals surface area contributed by atoms with E-state index in [9.17, 15) is 4.39 Å². The molecule has 1 aromatic carbocycles. The number of aryl methyl sites for hydroxylation is 1. The van der Waals surface area contributed by atoms with Crippen molar-refractivity contribution in [1.82, 2.24) is 0 Å². The number of halogens is 3. The Labute approximate surface area is 89.7 Å². The minimum Gasteiger partial charge on any atom is -0.396 e. The van der Waals surface area contributed by atoms with Gasteiger partial charge in [0.25, 0.3) is 0 Å². The third kappa shape index (κ3) is 2.93. The van der Waals surface area contributed by atoms with Crippen LogP contribution in [0.4, 0.5) is 4.39 Å². The van der Waals surface area contributed by atoms with Crippen molar-refractivity contribution in [3.05, 3.63) is 33.0 Å². The molecule has 0 aromatic heterocycles. The monoisotopic (exact) mass is 266 g/mol. The normalized spacial score (nSPS) is 10.5. The number of rotatable bonds is 3. The van der Waals surface area contributed by atoms with Gasteiger partial charge in [-0.05, 0) is 30.5 Å². The molecule has 72 valence electrons. The Bertz CT molecular complexity index is 304. The SMILES string of the molecule is OCCCc1cc(Br)cc(F)c1Cl. The maximum atomic E-state index is 13.0. The summed E-state index contributed by atoms with van der Waals surface area (Å²) in [6.45, 7) is 0.0878. The number of hydrogen-bond acceptors (Lipinski definition) is 1. The molecule has 0 unspecified atom stereocenters. The van der Waals surface area contributed by atoms with Crippen LogP contribution in [0.5, 0.6) is 0 Å². The van der Waals surface area contributed by atoms with Gasteiger partial charge in [0.05, 0.1) is 5.02 Å². The van der Waals surface area contributed by atoms with E-state index in [1.807, 2.05) is 0 Å². The van der Waals surface area contributed by atoms with Crippen LogP contribution in [-0.4, -0.2) is 11.7 Å². The number of hydrogen-bond donors (Lipinski definition) is 1. The third-order valence-corrected chi connectivity index (χ3v) is 2.55. The van der Waals surface area contributed by atoms with E-state index >= 15 is 0 Å². The summed E-state index contributed by atoms with van der Waals surface area (Å²) >= 11 is 8.90. The molecule has 0 aliphatic rings. The standard InChI is InChI=1S/C9H9BrClFO/c10-7-4-6(2-1-3-13)9(11)8(12)5-7/h4-5,13H,1-3H2. The van der Waals surface area contributed by atoms with Crippen molar-refractivity contribution in [3.63, 3.8) is 0 Å². The molecule has 4 heteroatoms. The largest absolute Gasteiger partial charge is 0.396 e. The lowest BCUT2D eigenvalue weighted by atomic mass is 10.1. The van der Waals surface area contributed by atoms with Crippen LogP contribution < -0.4 is 0 Å². The van der Waals surface area contributed by atoms with Gasteiger partial charge in [-0.25, -0.2) is 4.39 Å². The maximum Gasteiger partial charge on any atom is 0.143 e. The highest BCUT2D eigenvalue weighted by Gasteiger charge is 2.07. The van der Waals surface area contributed by atoms with E-state index in [0.29, 0.717) is 17.3 Å². The van der Waals surface area contributed by atoms with Gasteiger partial charge in [0.1, 0.15) is 5.82 Å². The van der Waals surface area contributed by atoms with Gasteiger partial charge < -0.3 is 5.11 Å². The average molecular weight is 268 g/mol. The van der Waals surface area contributed by atoms with Crippen LogP contribution in [0.25, 0.3) is 0 Å². The summed E-state index contributed by atoms with van der Waals surface area (Å²) in [7, 11) is 0. The van der Waals surface area contributed by atoms with Crippen LogP contribution in [0.2, 0.25) is 5.02 Å². The molecule has 0 fully saturated rings. The van der Waals surface area contributed by atoms with Crippen LogP contribution in [0, 0.1) is 5.82 Å². The van der Waals surface area contributed by atoms with E-state index in [0.717, 1.165) is 5.56 Å². The Morgan fingerprint density at radius 1 is 1.46 bits per heavy atom. The van der Waals surface area contributed by atoms with Crippen molar-refractivity contribution in [2.45, 2.75) is 12.8 Å². The molecular weight excluding hydrogens is 258 g/mol. The van der Waals surface area contributed by atoms with Crippen molar-refractivity contribution in [3.8, 4) is 0 Å². The highest BCUT2D eigenvalue weighted by atomic mass is 79.9. The summed E-state index contributed by atoms with van der Waals surface area (Å²) in [5.41, 5.74) is 0.725. The predicted octanol–water partition coefficient (Wildman–Crippen LogP) is 3.17. The summed E-state index contributed by atoms with van der Waals surface area (Å²) in [5.74, 6) is -0.427. The second-order valence-electron chi connectivity index (χ2n) is 2.69. The molecule has 0 aliphatic heterocycles. The van der Waals surface area contributed by atoms with Gasteiger partial charge in [-0.1, -0.05) is 27.5 Å². The van der Waals surface area contributed by atoms with Gasteiger partial charge in [-0.15, -0.1) is 0 Å². The quantitative estimate of drug-likeness (QED) is 0.834. The van der Waals surface area contributed by atoms with Crippen LogP contribution in [0.1, 0.15) is 12.0 Å². The zero-order valence-corrected chi connectivity index (χ0v) is 9.20. The molecule has 0 saturated heterocycles. The van der Waals surface area contributed by atoms with Crippen LogP contribution >= 0.6 is 27.5 Å². The van der Waals surface area contributed by atoms with Crippen LogP contribution in [-0.2, 0) is 6.42 Å². The number of aliphatic hydroxyl groups is 1. The van der Waals surface area contributed by atoms with Gasteiger partial charge in [0, 0.05) is 11.1 Å². The molecule has 0 heterocycles. The fourth-order valence-electron chi connectivity index (χ4n) is 1.06. The first kappa shape index (κ1) is 11.0. The molecule has 1 aromatic rings. The summed E-state index contributed by atoms with van der Waals surface area (Å²) in [5, 5.41) is 8.76. The molecular formula is C9H9BrClFO. The van der Waals surface area contributed by atoms with E-state index in [1.54, 1.807) is 6.07 Å². The molecule has 0 atom stereocenters. The van der Waals surface area contributed by atoms with E-state index in [-0.39, 0.29) is 11.6 Å². The van der Waals surface area contributed by atoms with Crippen molar-refractivity contribution in [2.24, 2.45) is 0 Å². The Hall–Kier alpha value is -0.120. The molecule has 0 amide bonds. The Morgan fingerprint density at radius 3 is 2.77 bits per heavy atom. The molecule has 13 heavy (non-hydrogen) atoms. The minimum atomic E-state index is -0.427. The van der Waals surface area contributed by atoms with Gasteiger partial charge >= 0.3 is 0 Å². The zero-order valence-electron chi connectivity index (χ0n) is 6.86. The Kier molecular flexibility index (Phi) is 4.16. The summed E-state index contributed by atoms with van der Waals surface area (Å²) in [6, 6.07) is 3.09. The molecule has 0 saturated carbocycles. The van der Waals surface area contributed by atoms with Crippen LogP contribution in [0.3, 0.4) is 0 Å². The van der Waals surface area contributed by atoms with Gasteiger partial charge in [-0.3, -0.25) is 0 Å². The minimum absolute atomic E-state index is 0.0878. The number of aliphatic hydroxyl groups excluding tert-OH is 1. The van der Waals surface area contributed by atoms with Crippen molar-refractivity contribution >= 4 is 27.5 Å².